The first-order valence-corrected chi connectivity index (χ1v) is 10.7. The smallest absolute Gasteiger partial charge is 0.392 e. The maximum atomic E-state index is 12.3. The summed E-state index contributed by atoms with van der Waals surface area (Å²) in [6.07, 6.45) is 3.17. The van der Waals surface area contributed by atoms with Gasteiger partial charge in [0.2, 0.25) is 0 Å². The second-order valence-corrected chi connectivity index (χ2v) is 8.11. The zero-order chi connectivity index (χ0) is 22.2. The van der Waals surface area contributed by atoms with Crippen molar-refractivity contribution < 1.29 is 22.7 Å². The molecule has 0 aliphatic rings. The molecule has 5 nitrogen and oxygen atoms in total. The van der Waals surface area contributed by atoms with E-state index in [1.807, 2.05) is 11.3 Å². The number of rotatable bonds is 13. The third kappa shape index (κ3) is 7.47. The fourth-order valence-electron chi connectivity index (χ4n) is 3.52. The quantitative estimate of drug-likeness (QED) is 0.307. The van der Waals surface area contributed by atoms with E-state index < -0.39 is 19.2 Å². The lowest BCUT2D eigenvalue weighted by atomic mass is 9.91. The van der Waals surface area contributed by atoms with Gasteiger partial charge in [-0.25, -0.2) is 4.98 Å². The van der Waals surface area contributed by atoms with Gasteiger partial charge in [0.1, 0.15) is 18.0 Å². The average molecular weight is 430 g/mol. The Morgan fingerprint density at radius 1 is 1.07 bits per heavy atom. The summed E-state index contributed by atoms with van der Waals surface area (Å²) in [6, 6.07) is 3.37. The van der Waals surface area contributed by atoms with Crippen molar-refractivity contribution in [1.82, 2.24) is 14.9 Å². The number of unbranched alkanes of at least 4 members (excludes halogenated alkanes) is 2. The Morgan fingerprint density at radius 3 is 2.50 bits per heavy atom. The number of nitrogens with zero attached hydrogens (tertiary/aromatic N) is 2. The third-order valence-electron chi connectivity index (χ3n) is 5.24. The van der Waals surface area contributed by atoms with Crippen molar-refractivity contribution in [2.24, 2.45) is 0 Å². The Kier molecular flexibility index (Phi) is 8.97. The van der Waals surface area contributed by atoms with E-state index in [2.05, 4.69) is 31.2 Å². The number of hydrogen-bond donors (Lipinski definition) is 1. The van der Waals surface area contributed by atoms with Crippen LogP contribution in [0.3, 0.4) is 0 Å². The summed E-state index contributed by atoms with van der Waals surface area (Å²) < 4.78 is 44.0. The van der Waals surface area contributed by atoms with E-state index in [4.69, 9.17) is 9.57 Å². The van der Waals surface area contributed by atoms with Crippen molar-refractivity contribution in [2.45, 2.75) is 91.0 Å². The summed E-state index contributed by atoms with van der Waals surface area (Å²) in [5, 5.41) is 0. The highest BCUT2D eigenvalue weighted by Crippen LogP contribution is 2.23. The van der Waals surface area contributed by atoms with Gasteiger partial charge in [-0.2, -0.15) is 18.7 Å². The minimum Gasteiger partial charge on any atom is -0.492 e. The molecule has 0 saturated heterocycles. The maximum absolute atomic E-state index is 12.3. The summed E-state index contributed by atoms with van der Waals surface area (Å²) in [5.74, 6) is 0.379. The molecular formula is C22H34F3N3O2. The van der Waals surface area contributed by atoms with Crippen LogP contribution in [0.1, 0.15) is 77.1 Å². The Bertz CT molecular complexity index is 792. The molecule has 8 heteroatoms. The van der Waals surface area contributed by atoms with Crippen LogP contribution in [0, 0.1) is 6.92 Å². The highest BCUT2D eigenvalue weighted by atomic mass is 19.4. The van der Waals surface area contributed by atoms with Crippen molar-refractivity contribution in [3.8, 4) is 5.75 Å². The van der Waals surface area contributed by atoms with E-state index in [0.29, 0.717) is 18.0 Å². The molecule has 30 heavy (non-hydrogen) atoms. The first-order chi connectivity index (χ1) is 14.2. The number of imidazole rings is 1. The number of nitrogens with one attached hydrogen (secondary N) is 1. The predicted octanol–water partition coefficient (Wildman–Crippen LogP) is 6.13. The van der Waals surface area contributed by atoms with Gasteiger partial charge in [0.25, 0.3) is 0 Å². The molecule has 0 amide bonds. The number of fused-ring (bicyclic) bond motifs is 1. The van der Waals surface area contributed by atoms with E-state index in [9.17, 15) is 13.2 Å². The topological polar surface area (TPSA) is 47.8 Å². The number of halogens is 3. The second-order valence-electron chi connectivity index (χ2n) is 8.11. The number of hydrogen-bond acceptors (Lipinski definition) is 4. The second kappa shape index (κ2) is 11.0. The average Bonchev–Trinajstić information content (AvgIpc) is 2.97. The first-order valence-electron chi connectivity index (χ1n) is 10.7. The molecule has 0 aliphatic carbocycles. The number of hydroxylamine groups is 1. The summed E-state index contributed by atoms with van der Waals surface area (Å²) in [7, 11) is 0. The molecule has 2 aromatic rings. The third-order valence-corrected chi connectivity index (χ3v) is 5.24. The molecule has 0 bridgehead atoms. The standard InChI is InChI=1S/C22H34F3N3O2/c1-5-7-8-12-21(4,11-6-2)27-30-16-19-17(3)28-15-18(9-10-20(28)26-19)29-14-13-22(23,24)25/h9-10,15,27H,5-8,11-14,16H2,1-4H3. The van der Waals surface area contributed by atoms with Gasteiger partial charge < -0.3 is 9.14 Å². The molecule has 2 heterocycles. The summed E-state index contributed by atoms with van der Waals surface area (Å²) in [4.78, 5) is 10.4. The van der Waals surface area contributed by atoms with Crippen molar-refractivity contribution in [2.75, 3.05) is 6.61 Å². The highest BCUT2D eigenvalue weighted by molar-refractivity contribution is 5.45. The summed E-state index contributed by atoms with van der Waals surface area (Å²) in [5.41, 5.74) is 5.53. The fourth-order valence-corrected chi connectivity index (χ4v) is 3.52. The number of aromatic nitrogens is 2. The van der Waals surface area contributed by atoms with E-state index in [1.54, 1.807) is 18.3 Å². The van der Waals surface area contributed by atoms with E-state index in [0.717, 1.165) is 37.1 Å². The Labute approximate surface area is 176 Å². The lowest BCUT2D eigenvalue weighted by Crippen LogP contribution is -2.42. The summed E-state index contributed by atoms with van der Waals surface area (Å²) in [6.45, 7) is 8.36. The first kappa shape index (κ1) is 24.5. The monoisotopic (exact) mass is 429 g/mol. The van der Waals surface area contributed by atoms with E-state index in [-0.39, 0.29) is 5.54 Å². The minimum absolute atomic E-state index is 0.0729. The molecule has 170 valence electrons. The number of pyridine rings is 1. The largest absolute Gasteiger partial charge is 0.492 e. The molecule has 2 rings (SSSR count). The van der Waals surface area contributed by atoms with Crippen LogP contribution in [-0.4, -0.2) is 27.7 Å². The van der Waals surface area contributed by atoms with E-state index >= 15 is 0 Å². The zero-order valence-electron chi connectivity index (χ0n) is 18.4. The lowest BCUT2D eigenvalue weighted by Gasteiger charge is -2.30. The minimum atomic E-state index is -4.23. The highest BCUT2D eigenvalue weighted by Gasteiger charge is 2.27. The van der Waals surface area contributed by atoms with Crippen molar-refractivity contribution >= 4 is 5.65 Å². The molecule has 0 fully saturated rings. The fraction of sp³-hybridized carbons (Fsp3) is 0.682. The van der Waals surface area contributed by atoms with Crippen LogP contribution in [0.5, 0.6) is 5.75 Å². The van der Waals surface area contributed by atoms with Gasteiger partial charge in [0.15, 0.2) is 0 Å². The molecule has 0 spiro atoms. The van der Waals surface area contributed by atoms with Gasteiger partial charge >= 0.3 is 6.18 Å². The molecule has 0 saturated carbocycles. The molecule has 1 unspecified atom stereocenters. The lowest BCUT2D eigenvalue weighted by molar-refractivity contribution is -0.139. The van der Waals surface area contributed by atoms with Gasteiger partial charge in [-0.05, 0) is 38.8 Å². The number of ether oxygens (including phenoxy) is 1. The number of aryl methyl sites for hydroxylation is 1. The van der Waals surface area contributed by atoms with Gasteiger partial charge in [-0.3, -0.25) is 4.84 Å². The van der Waals surface area contributed by atoms with E-state index in [1.165, 1.54) is 12.8 Å². The Hall–Kier alpha value is -1.80. The van der Waals surface area contributed by atoms with Crippen molar-refractivity contribution in [3.05, 3.63) is 29.7 Å². The molecule has 0 aliphatic heterocycles. The van der Waals surface area contributed by atoms with Gasteiger partial charge in [0, 0.05) is 11.2 Å². The van der Waals surface area contributed by atoms with Crippen molar-refractivity contribution in [1.29, 1.82) is 0 Å². The normalized spacial score (nSPS) is 14.2. The summed E-state index contributed by atoms with van der Waals surface area (Å²) >= 11 is 0. The van der Waals surface area contributed by atoms with Crippen LogP contribution in [0.4, 0.5) is 13.2 Å². The van der Waals surface area contributed by atoms with Crippen LogP contribution >= 0.6 is 0 Å². The van der Waals surface area contributed by atoms with Crippen LogP contribution in [-0.2, 0) is 11.4 Å². The van der Waals surface area contributed by atoms with Gasteiger partial charge in [-0.1, -0.05) is 39.5 Å². The molecule has 0 radical (unpaired) electrons. The molecule has 1 N–H and O–H groups in total. The Morgan fingerprint density at radius 2 is 1.83 bits per heavy atom. The molecule has 1 atom stereocenters. The molecule has 0 aromatic carbocycles. The van der Waals surface area contributed by atoms with Gasteiger partial charge in [-0.15, -0.1) is 0 Å². The molecule has 2 aromatic heterocycles. The van der Waals surface area contributed by atoms with Crippen LogP contribution in [0.25, 0.3) is 5.65 Å². The zero-order valence-corrected chi connectivity index (χ0v) is 18.4. The van der Waals surface area contributed by atoms with Crippen LogP contribution in [0.15, 0.2) is 18.3 Å². The van der Waals surface area contributed by atoms with Gasteiger partial charge in [0.05, 0.1) is 24.9 Å². The van der Waals surface area contributed by atoms with Crippen LogP contribution in [0.2, 0.25) is 0 Å². The van der Waals surface area contributed by atoms with Crippen LogP contribution < -0.4 is 10.2 Å². The molecular weight excluding hydrogens is 395 g/mol. The predicted molar refractivity (Wildman–Crippen MR) is 111 cm³/mol. The SMILES string of the molecule is CCCCCC(C)(CCC)NOCc1nc2ccc(OCCC(F)(F)F)cn2c1C. The van der Waals surface area contributed by atoms with Crippen molar-refractivity contribution in [3.63, 3.8) is 0 Å². The maximum Gasteiger partial charge on any atom is 0.392 e. The Balaban J connectivity index is 1.98. The number of alkyl halides is 3.